The fraction of sp³-hybridized carbons (Fsp3) is 0.643. The predicted octanol–water partition coefficient (Wildman–Crippen LogP) is 3.87. The first-order valence-electron chi connectivity index (χ1n) is 13.6. The lowest BCUT2D eigenvalue weighted by Gasteiger charge is -2.25. The Labute approximate surface area is 222 Å². The standard InChI is InChI=1S/C28H47N5O4/c1-6-7-8-9-12-24(34)33-25(20(4)5)27(36)32-23(11-10-17-30-28(29)37)26(35)31-22-15-13-21(14-16-22)18-19(2)3/h13-16,19-20,23,25H,6-12,17-18H2,1-5H3,(H,31,35)(H,32,36)(H,33,34)(H3,29,30,37)/t23-,25-/m0/s1. The van der Waals surface area contributed by atoms with Crippen molar-refractivity contribution in [2.45, 2.75) is 98.1 Å². The molecule has 208 valence electrons. The van der Waals surface area contributed by atoms with Crippen LogP contribution >= 0.6 is 0 Å². The Balaban J connectivity index is 2.86. The third-order valence-electron chi connectivity index (χ3n) is 5.99. The summed E-state index contributed by atoms with van der Waals surface area (Å²) in [7, 11) is 0. The zero-order chi connectivity index (χ0) is 27.8. The summed E-state index contributed by atoms with van der Waals surface area (Å²) >= 11 is 0. The van der Waals surface area contributed by atoms with E-state index < -0.39 is 24.0 Å². The monoisotopic (exact) mass is 517 g/mol. The summed E-state index contributed by atoms with van der Waals surface area (Å²) in [5.74, 6) is -0.573. The molecule has 0 heterocycles. The smallest absolute Gasteiger partial charge is 0.312 e. The van der Waals surface area contributed by atoms with Crippen molar-refractivity contribution in [3.05, 3.63) is 29.8 Å². The number of unbranched alkanes of at least 4 members (excludes halogenated alkanes) is 3. The molecule has 0 spiro atoms. The van der Waals surface area contributed by atoms with Gasteiger partial charge >= 0.3 is 6.03 Å². The normalized spacial score (nSPS) is 12.6. The summed E-state index contributed by atoms with van der Waals surface area (Å²) in [6.07, 6.45) is 5.95. The minimum Gasteiger partial charge on any atom is -0.352 e. The molecular weight excluding hydrogens is 470 g/mol. The second-order valence-corrected chi connectivity index (χ2v) is 10.4. The average molecular weight is 518 g/mol. The molecule has 0 aliphatic rings. The van der Waals surface area contributed by atoms with E-state index in [-0.39, 0.29) is 24.3 Å². The minimum absolute atomic E-state index is 0.159. The van der Waals surface area contributed by atoms with Crippen molar-refractivity contribution in [1.82, 2.24) is 16.0 Å². The van der Waals surface area contributed by atoms with Crippen molar-refractivity contribution in [2.24, 2.45) is 17.6 Å². The number of rotatable bonds is 17. The van der Waals surface area contributed by atoms with Crippen LogP contribution in [-0.2, 0) is 20.8 Å². The Morgan fingerprint density at radius 3 is 2.11 bits per heavy atom. The molecule has 9 nitrogen and oxygen atoms in total. The van der Waals surface area contributed by atoms with E-state index in [0.717, 1.165) is 32.1 Å². The second-order valence-electron chi connectivity index (χ2n) is 10.4. The highest BCUT2D eigenvalue weighted by atomic mass is 16.2. The fourth-order valence-electron chi connectivity index (χ4n) is 3.97. The van der Waals surface area contributed by atoms with E-state index >= 15 is 0 Å². The van der Waals surface area contributed by atoms with Gasteiger partial charge in [-0.1, -0.05) is 66.0 Å². The summed E-state index contributed by atoms with van der Waals surface area (Å²) in [6, 6.07) is 5.40. The number of carbonyl (C=O) groups is 4. The highest BCUT2D eigenvalue weighted by Gasteiger charge is 2.28. The van der Waals surface area contributed by atoms with Gasteiger partial charge in [-0.3, -0.25) is 14.4 Å². The maximum Gasteiger partial charge on any atom is 0.312 e. The number of carbonyl (C=O) groups excluding carboxylic acids is 4. The summed E-state index contributed by atoms with van der Waals surface area (Å²) in [4.78, 5) is 49.7. The van der Waals surface area contributed by atoms with Gasteiger partial charge in [0.15, 0.2) is 0 Å². The molecule has 37 heavy (non-hydrogen) atoms. The van der Waals surface area contributed by atoms with Gasteiger partial charge in [0, 0.05) is 18.7 Å². The molecule has 0 aliphatic heterocycles. The first-order valence-corrected chi connectivity index (χ1v) is 13.6. The lowest BCUT2D eigenvalue weighted by molar-refractivity contribution is -0.132. The minimum atomic E-state index is -0.847. The highest BCUT2D eigenvalue weighted by Crippen LogP contribution is 2.14. The van der Waals surface area contributed by atoms with Crippen molar-refractivity contribution in [3.8, 4) is 0 Å². The SMILES string of the molecule is CCCCCCC(=O)N[C@H](C(=O)N[C@@H](CCCNC(N)=O)C(=O)Nc1ccc(CC(C)C)cc1)C(C)C. The second kappa shape index (κ2) is 17.4. The van der Waals surface area contributed by atoms with Crippen LogP contribution in [-0.4, -0.2) is 42.4 Å². The first kappa shape index (κ1) is 31.9. The van der Waals surface area contributed by atoms with Crippen molar-refractivity contribution in [1.29, 1.82) is 0 Å². The molecule has 0 radical (unpaired) electrons. The van der Waals surface area contributed by atoms with Gasteiger partial charge in [0.2, 0.25) is 17.7 Å². The Morgan fingerprint density at radius 1 is 0.865 bits per heavy atom. The van der Waals surface area contributed by atoms with E-state index in [4.69, 9.17) is 5.73 Å². The van der Waals surface area contributed by atoms with E-state index in [1.807, 2.05) is 38.1 Å². The summed E-state index contributed by atoms with van der Waals surface area (Å²) in [6.45, 7) is 10.4. The van der Waals surface area contributed by atoms with Crippen LogP contribution in [0.1, 0.15) is 85.1 Å². The molecule has 0 bridgehead atoms. The van der Waals surface area contributed by atoms with E-state index in [1.165, 1.54) is 5.56 Å². The lowest BCUT2D eigenvalue weighted by Crippen LogP contribution is -2.54. The largest absolute Gasteiger partial charge is 0.352 e. The van der Waals surface area contributed by atoms with Gasteiger partial charge in [-0.2, -0.15) is 0 Å². The summed E-state index contributed by atoms with van der Waals surface area (Å²) in [5, 5.41) is 11.0. The molecule has 1 aromatic rings. The molecule has 9 heteroatoms. The number of benzene rings is 1. The molecule has 2 atom stereocenters. The van der Waals surface area contributed by atoms with Gasteiger partial charge < -0.3 is 27.0 Å². The summed E-state index contributed by atoms with van der Waals surface area (Å²) < 4.78 is 0. The van der Waals surface area contributed by atoms with Crippen LogP contribution in [0, 0.1) is 11.8 Å². The van der Waals surface area contributed by atoms with Crippen LogP contribution in [0.5, 0.6) is 0 Å². The Bertz CT molecular complexity index is 855. The molecule has 0 saturated carbocycles. The molecule has 1 rings (SSSR count). The quantitative estimate of drug-likeness (QED) is 0.200. The average Bonchev–Trinajstić information content (AvgIpc) is 2.82. The molecule has 6 N–H and O–H groups in total. The Morgan fingerprint density at radius 2 is 1.54 bits per heavy atom. The van der Waals surface area contributed by atoms with Crippen LogP contribution in [0.3, 0.4) is 0 Å². The lowest BCUT2D eigenvalue weighted by atomic mass is 10.0. The van der Waals surface area contributed by atoms with Crippen LogP contribution in [0.15, 0.2) is 24.3 Å². The van der Waals surface area contributed by atoms with Crippen molar-refractivity contribution >= 4 is 29.4 Å². The van der Waals surface area contributed by atoms with Crippen LogP contribution < -0.4 is 27.0 Å². The Hall–Kier alpha value is -3.10. The van der Waals surface area contributed by atoms with Crippen LogP contribution in [0.2, 0.25) is 0 Å². The summed E-state index contributed by atoms with van der Waals surface area (Å²) in [5.41, 5.74) is 6.94. The first-order chi connectivity index (χ1) is 17.5. The highest BCUT2D eigenvalue weighted by molar-refractivity contribution is 5.98. The van der Waals surface area contributed by atoms with E-state index in [9.17, 15) is 19.2 Å². The number of nitrogens with one attached hydrogen (secondary N) is 4. The van der Waals surface area contributed by atoms with Crippen LogP contribution in [0.4, 0.5) is 10.5 Å². The van der Waals surface area contributed by atoms with Gasteiger partial charge in [-0.25, -0.2) is 4.79 Å². The van der Waals surface area contributed by atoms with Gasteiger partial charge in [-0.05, 0) is 55.2 Å². The molecule has 0 saturated heterocycles. The zero-order valence-electron chi connectivity index (χ0n) is 23.2. The number of amides is 5. The van der Waals surface area contributed by atoms with Gasteiger partial charge in [0.05, 0.1) is 0 Å². The van der Waals surface area contributed by atoms with Gasteiger partial charge in [-0.15, -0.1) is 0 Å². The van der Waals surface area contributed by atoms with E-state index in [0.29, 0.717) is 30.9 Å². The van der Waals surface area contributed by atoms with Crippen molar-refractivity contribution < 1.29 is 19.2 Å². The molecule has 0 unspecified atom stereocenters. The van der Waals surface area contributed by atoms with Crippen molar-refractivity contribution in [2.75, 3.05) is 11.9 Å². The number of urea groups is 1. The zero-order valence-corrected chi connectivity index (χ0v) is 23.2. The fourth-order valence-corrected chi connectivity index (χ4v) is 3.97. The number of hydrogen-bond acceptors (Lipinski definition) is 4. The maximum absolute atomic E-state index is 13.2. The van der Waals surface area contributed by atoms with Gasteiger partial charge in [0.25, 0.3) is 0 Å². The molecular formula is C28H47N5O4. The molecule has 5 amide bonds. The van der Waals surface area contributed by atoms with Crippen molar-refractivity contribution in [3.63, 3.8) is 0 Å². The topological polar surface area (TPSA) is 142 Å². The third kappa shape index (κ3) is 13.7. The number of anilines is 1. The number of hydrogen-bond donors (Lipinski definition) is 5. The van der Waals surface area contributed by atoms with E-state index in [1.54, 1.807) is 0 Å². The third-order valence-corrected chi connectivity index (χ3v) is 5.99. The Kier molecular flexibility index (Phi) is 15.0. The maximum atomic E-state index is 13.2. The number of primary amides is 1. The molecule has 0 aromatic heterocycles. The molecule has 1 aromatic carbocycles. The van der Waals surface area contributed by atoms with E-state index in [2.05, 4.69) is 42.0 Å². The predicted molar refractivity (Wildman–Crippen MR) is 148 cm³/mol. The number of nitrogens with two attached hydrogens (primary N) is 1. The molecule has 0 aliphatic carbocycles. The molecule has 0 fully saturated rings. The van der Waals surface area contributed by atoms with Crippen LogP contribution in [0.25, 0.3) is 0 Å². The van der Waals surface area contributed by atoms with Gasteiger partial charge in [0.1, 0.15) is 12.1 Å².